The monoisotopic (exact) mass is 227 g/mol. The molecule has 16 heavy (non-hydrogen) atoms. The van der Waals surface area contributed by atoms with Gasteiger partial charge in [0.15, 0.2) is 0 Å². The van der Waals surface area contributed by atoms with Crippen molar-refractivity contribution in [1.29, 1.82) is 0 Å². The molecule has 0 saturated heterocycles. The van der Waals surface area contributed by atoms with E-state index in [1.807, 2.05) is 0 Å². The van der Waals surface area contributed by atoms with Gasteiger partial charge >= 0.3 is 0 Å². The third-order valence-corrected chi connectivity index (χ3v) is 3.80. The van der Waals surface area contributed by atoms with Crippen LogP contribution < -0.4 is 5.32 Å². The number of methoxy groups -OCH3 is 1. The van der Waals surface area contributed by atoms with Crippen LogP contribution in [-0.2, 0) is 4.74 Å². The van der Waals surface area contributed by atoms with Crippen molar-refractivity contribution in [3.05, 3.63) is 0 Å². The first kappa shape index (κ1) is 14.0. The van der Waals surface area contributed by atoms with Crippen molar-refractivity contribution < 1.29 is 4.74 Å². The van der Waals surface area contributed by atoms with Crippen molar-refractivity contribution in [2.24, 2.45) is 5.92 Å². The highest BCUT2D eigenvalue weighted by atomic mass is 16.5. The van der Waals surface area contributed by atoms with Crippen LogP contribution in [0.5, 0.6) is 0 Å². The lowest BCUT2D eigenvalue weighted by Gasteiger charge is -2.27. The van der Waals surface area contributed by atoms with Gasteiger partial charge in [-0.1, -0.05) is 32.6 Å². The molecular formula is C14H29NO. The van der Waals surface area contributed by atoms with Gasteiger partial charge in [0.05, 0.1) is 0 Å². The molecule has 96 valence electrons. The fourth-order valence-corrected chi connectivity index (χ4v) is 2.93. The van der Waals surface area contributed by atoms with E-state index in [-0.39, 0.29) is 0 Å². The summed E-state index contributed by atoms with van der Waals surface area (Å²) < 4.78 is 5.15. The number of ether oxygens (including phenoxy) is 1. The van der Waals surface area contributed by atoms with Gasteiger partial charge in [-0.2, -0.15) is 0 Å². The zero-order chi connectivity index (χ0) is 11.6. The molecule has 1 rings (SSSR count). The van der Waals surface area contributed by atoms with Crippen LogP contribution in [0.15, 0.2) is 0 Å². The van der Waals surface area contributed by atoms with Gasteiger partial charge in [0.25, 0.3) is 0 Å². The predicted octanol–water partition coefficient (Wildman–Crippen LogP) is 3.36. The lowest BCUT2D eigenvalue weighted by Crippen LogP contribution is -2.36. The van der Waals surface area contributed by atoms with Gasteiger partial charge in [-0.05, 0) is 38.1 Å². The van der Waals surface area contributed by atoms with Crippen molar-refractivity contribution >= 4 is 0 Å². The molecule has 2 heteroatoms. The van der Waals surface area contributed by atoms with Crippen LogP contribution in [0.3, 0.4) is 0 Å². The Morgan fingerprint density at radius 1 is 1.19 bits per heavy atom. The van der Waals surface area contributed by atoms with Gasteiger partial charge in [-0.15, -0.1) is 0 Å². The smallest absolute Gasteiger partial charge is 0.0462 e. The van der Waals surface area contributed by atoms with Gasteiger partial charge in [0.1, 0.15) is 0 Å². The minimum Gasteiger partial charge on any atom is -0.385 e. The van der Waals surface area contributed by atoms with Crippen LogP contribution in [0.4, 0.5) is 0 Å². The van der Waals surface area contributed by atoms with Crippen LogP contribution in [0.25, 0.3) is 0 Å². The van der Waals surface area contributed by atoms with E-state index >= 15 is 0 Å². The van der Waals surface area contributed by atoms with Gasteiger partial charge in [-0.3, -0.25) is 0 Å². The van der Waals surface area contributed by atoms with Gasteiger partial charge in [0, 0.05) is 19.8 Å². The van der Waals surface area contributed by atoms with E-state index in [0.717, 1.165) is 25.1 Å². The Hall–Kier alpha value is -0.0800. The van der Waals surface area contributed by atoms with E-state index in [4.69, 9.17) is 4.74 Å². The molecule has 0 amide bonds. The van der Waals surface area contributed by atoms with E-state index in [1.165, 1.54) is 51.4 Å². The maximum Gasteiger partial charge on any atom is 0.0462 e. The molecule has 0 aromatic rings. The van der Waals surface area contributed by atoms with E-state index in [0.29, 0.717) is 0 Å². The summed E-state index contributed by atoms with van der Waals surface area (Å²) in [4.78, 5) is 0. The van der Waals surface area contributed by atoms with Crippen molar-refractivity contribution in [3.63, 3.8) is 0 Å². The first-order valence-corrected chi connectivity index (χ1v) is 7.10. The average Bonchev–Trinajstić information content (AvgIpc) is 2.57. The van der Waals surface area contributed by atoms with Gasteiger partial charge in [0.2, 0.25) is 0 Å². The van der Waals surface area contributed by atoms with Gasteiger partial charge in [-0.25, -0.2) is 0 Å². The van der Waals surface area contributed by atoms with E-state index in [9.17, 15) is 0 Å². The van der Waals surface area contributed by atoms with Gasteiger partial charge < -0.3 is 10.1 Å². The summed E-state index contributed by atoms with van der Waals surface area (Å²) in [5.41, 5.74) is 0. The fourth-order valence-electron chi connectivity index (χ4n) is 2.93. The molecule has 0 aliphatic heterocycles. The van der Waals surface area contributed by atoms with Crippen LogP contribution >= 0.6 is 0 Å². The van der Waals surface area contributed by atoms with E-state index in [1.54, 1.807) is 7.11 Å². The number of hydrogen-bond donors (Lipinski definition) is 1. The first-order chi connectivity index (χ1) is 7.88. The standard InChI is InChI=1S/C14H29NO/c1-3-15-14(11-8-12-16-2)13-9-6-4-5-7-10-13/h13-15H,3-12H2,1-2H3. The summed E-state index contributed by atoms with van der Waals surface area (Å²) in [6, 6.07) is 0.734. The molecular weight excluding hydrogens is 198 g/mol. The number of hydrogen-bond acceptors (Lipinski definition) is 2. The quantitative estimate of drug-likeness (QED) is 0.532. The molecule has 1 N–H and O–H groups in total. The summed E-state index contributed by atoms with van der Waals surface area (Å²) in [6.07, 6.45) is 11.1. The second kappa shape index (κ2) is 9.00. The molecule has 0 spiro atoms. The number of nitrogens with one attached hydrogen (secondary N) is 1. The number of rotatable bonds is 7. The molecule has 0 aromatic heterocycles. The molecule has 1 aliphatic rings. The minimum absolute atomic E-state index is 0.734. The van der Waals surface area contributed by atoms with Crippen molar-refractivity contribution in [3.8, 4) is 0 Å². The zero-order valence-electron chi connectivity index (χ0n) is 11.1. The lowest BCUT2D eigenvalue weighted by molar-refractivity contribution is 0.181. The highest BCUT2D eigenvalue weighted by Crippen LogP contribution is 2.27. The molecule has 1 atom stereocenters. The Kier molecular flexibility index (Phi) is 7.87. The molecule has 1 fully saturated rings. The normalized spacial score (nSPS) is 20.6. The Bertz CT molecular complexity index is 153. The van der Waals surface area contributed by atoms with E-state index < -0.39 is 0 Å². The summed E-state index contributed by atoms with van der Waals surface area (Å²) in [5.74, 6) is 0.916. The average molecular weight is 227 g/mol. The molecule has 0 radical (unpaired) electrons. The summed E-state index contributed by atoms with van der Waals surface area (Å²) in [5, 5.41) is 3.68. The molecule has 1 unspecified atom stereocenters. The Morgan fingerprint density at radius 2 is 1.88 bits per heavy atom. The third kappa shape index (κ3) is 5.31. The Balaban J connectivity index is 2.33. The summed E-state index contributed by atoms with van der Waals surface area (Å²) in [7, 11) is 1.80. The third-order valence-electron chi connectivity index (χ3n) is 3.80. The lowest BCUT2D eigenvalue weighted by atomic mass is 9.89. The van der Waals surface area contributed by atoms with Crippen molar-refractivity contribution in [1.82, 2.24) is 5.32 Å². The maximum atomic E-state index is 5.15. The van der Waals surface area contributed by atoms with Crippen LogP contribution in [0, 0.1) is 5.92 Å². The molecule has 2 nitrogen and oxygen atoms in total. The largest absolute Gasteiger partial charge is 0.385 e. The van der Waals surface area contributed by atoms with Crippen LogP contribution in [-0.4, -0.2) is 26.3 Å². The Morgan fingerprint density at radius 3 is 2.44 bits per heavy atom. The second-order valence-electron chi connectivity index (χ2n) is 5.05. The van der Waals surface area contributed by atoms with Crippen LogP contribution in [0.2, 0.25) is 0 Å². The topological polar surface area (TPSA) is 21.3 Å². The SMILES string of the molecule is CCNC(CCCOC)C1CCCCCC1. The maximum absolute atomic E-state index is 5.15. The predicted molar refractivity (Wildman–Crippen MR) is 69.8 cm³/mol. The first-order valence-electron chi connectivity index (χ1n) is 7.10. The Labute approximate surface area is 101 Å². The van der Waals surface area contributed by atoms with Crippen LogP contribution in [0.1, 0.15) is 58.3 Å². The molecule has 0 bridgehead atoms. The molecule has 0 aromatic carbocycles. The summed E-state index contributed by atoms with van der Waals surface area (Å²) in [6.45, 7) is 4.24. The van der Waals surface area contributed by atoms with Crippen molar-refractivity contribution in [2.45, 2.75) is 64.3 Å². The molecule has 1 aliphatic carbocycles. The van der Waals surface area contributed by atoms with E-state index in [2.05, 4.69) is 12.2 Å². The molecule has 1 saturated carbocycles. The van der Waals surface area contributed by atoms with Crippen molar-refractivity contribution in [2.75, 3.05) is 20.3 Å². The second-order valence-corrected chi connectivity index (χ2v) is 5.05. The highest BCUT2D eigenvalue weighted by Gasteiger charge is 2.21. The molecule has 0 heterocycles. The minimum atomic E-state index is 0.734. The summed E-state index contributed by atoms with van der Waals surface area (Å²) >= 11 is 0. The zero-order valence-corrected chi connectivity index (χ0v) is 11.1. The fraction of sp³-hybridized carbons (Fsp3) is 1.00. The highest BCUT2D eigenvalue weighted by molar-refractivity contribution is 4.78.